The number of ether oxygens (including phenoxy) is 6. The molecule has 8 bridgehead atoms. The number of nitro benzene ring substituents is 4. The standard InChI is InChI=1S/C44H48N4O16/c1-41(2,3)21-15-22(42(4,5)6)36-33(39(49)59-13)35(21)61-29-19-30(26(46(53)54)17-25(29)45(51)52)63-37-23(43(7,8)9)16-24(44(10,11)12)38(34(37)40(50)60-14)64-32-20-31(62-36)27(47(55)56)18-28(32)48(57)58/h15-20H,1-14H3. The second kappa shape index (κ2) is 16.4. The molecule has 340 valence electrons. The number of rotatable bonds is 6. The number of nitro groups is 4. The van der Waals surface area contributed by atoms with Gasteiger partial charge in [0.1, 0.15) is 46.3 Å². The second-order valence-electron chi connectivity index (χ2n) is 19.0. The Bertz CT molecular complexity index is 2340. The number of nitrogens with zero attached hydrogens (tertiary/aromatic N) is 4. The van der Waals surface area contributed by atoms with Gasteiger partial charge >= 0.3 is 34.7 Å². The molecule has 1 aliphatic heterocycles. The molecule has 0 fully saturated rings. The lowest BCUT2D eigenvalue weighted by Crippen LogP contribution is -2.22. The maximum Gasteiger partial charge on any atom is 0.345 e. The molecule has 0 aliphatic carbocycles. The van der Waals surface area contributed by atoms with E-state index in [1.54, 1.807) is 95.2 Å². The van der Waals surface area contributed by atoms with Crippen LogP contribution < -0.4 is 18.9 Å². The number of esters is 2. The first-order valence-corrected chi connectivity index (χ1v) is 19.6. The topological polar surface area (TPSA) is 262 Å². The van der Waals surface area contributed by atoms with Gasteiger partial charge in [0.25, 0.3) is 0 Å². The van der Waals surface area contributed by atoms with E-state index in [0.29, 0.717) is 12.1 Å². The van der Waals surface area contributed by atoms with E-state index >= 15 is 0 Å². The minimum Gasteiger partial charge on any atom is -0.465 e. The van der Waals surface area contributed by atoms with Crippen molar-refractivity contribution in [3.8, 4) is 46.0 Å². The average molecular weight is 889 g/mol. The molecule has 5 rings (SSSR count). The monoisotopic (exact) mass is 888 g/mol. The molecule has 0 saturated heterocycles. The number of carbonyl (C=O) groups excluding carboxylic acids is 2. The molecule has 20 nitrogen and oxygen atoms in total. The van der Waals surface area contributed by atoms with Crippen molar-refractivity contribution in [3.05, 3.63) is 110 Å². The van der Waals surface area contributed by atoms with E-state index in [0.717, 1.165) is 26.4 Å². The number of benzene rings is 4. The first-order chi connectivity index (χ1) is 29.3. The fourth-order valence-corrected chi connectivity index (χ4v) is 6.94. The molecule has 0 unspecified atom stereocenters. The smallest absolute Gasteiger partial charge is 0.345 e. The van der Waals surface area contributed by atoms with E-state index in [1.807, 2.05) is 0 Å². The molecule has 0 N–H and O–H groups in total. The predicted octanol–water partition coefficient (Wildman–Crippen LogP) is 11.6. The van der Waals surface area contributed by atoms with Gasteiger partial charge in [-0.2, -0.15) is 0 Å². The Hall–Kier alpha value is -7.38. The van der Waals surface area contributed by atoms with E-state index in [2.05, 4.69) is 0 Å². The van der Waals surface area contributed by atoms with E-state index in [1.165, 1.54) is 0 Å². The molecule has 0 saturated carbocycles. The summed E-state index contributed by atoms with van der Waals surface area (Å²) in [6.45, 7) is 20.8. The summed E-state index contributed by atoms with van der Waals surface area (Å²) in [7, 11) is 2.05. The molecular weight excluding hydrogens is 840 g/mol. The number of carbonyl (C=O) groups is 2. The third-order valence-electron chi connectivity index (χ3n) is 10.2. The Kier molecular flexibility index (Phi) is 12.2. The molecule has 64 heavy (non-hydrogen) atoms. The van der Waals surface area contributed by atoms with E-state index in [-0.39, 0.29) is 22.3 Å². The van der Waals surface area contributed by atoms with E-state index in [9.17, 15) is 50.0 Å². The zero-order chi connectivity index (χ0) is 48.3. The molecule has 0 amide bonds. The van der Waals surface area contributed by atoms with Gasteiger partial charge in [-0.15, -0.1) is 0 Å². The van der Waals surface area contributed by atoms with Crippen LogP contribution in [-0.2, 0) is 31.1 Å². The summed E-state index contributed by atoms with van der Waals surface area (Å²) in [5, 5.41) is 51.2. The van der Waals surface area contributed by atoms with Crippen molar-refractivity contribution in [1.29, 1.82) is 0 Å². The normalized spacial score (nSPS) is 12.7. The SMILES string of the molecule is COC(=O)c1c2c(C(C)(C)C)cc(C(C)(C)C)c1Oc1cc(c([N+](=O)[O-])cc1[N+](=O)[O-])Oc1c(C(C)(C)C)cc(C(C)(C)C)c(c1C(=O)OC)Oc1cc(c([N+](=O)[O-])cc1[N+](=O)[O-])O2. The van der Waals surface area contributed by atoms with Crippen molar-refractivity contribution < 1.29 is 57.7 Å². The molecule has 0 radical (unpaired) electrons. The van der Waals surface area contributed by atoms with Crippen molar-refractivity contribution in [2.45, 2.75) is 105 Å². The van der Waals surface area contributed by atoms with Crippen molar-refractivity contribution in [2.75, 3.05) is 14.2 Å². The zero-order valence-corrected chi connectivity index (χ0v) is 37.8. The van der Waals surface area contributed by atoms with Gasteiger partial charge in [-0.3, -0.25) is 40.5 Å². The van der Waals surface area contributed by atoms with Crippen LogP contribution in [0, 0.1) is 40.5 Å². The predicted molar refractivity (Wildman–Crippen MR) is 230 cm³/mol. The fourth-order valence-electron chi connectivity index (χ4n) is 6.94. The molecule has 0 aromatic heterocycles. The molecule has 1 aliphatic rings. The van der Waals surface area contributed by atoms with Gasteiger partial charge in [-0.1, -0.05) is 83.1 Å². The van der Waals surface area contributed by atoms with Gasteiger partial charge in [0, 0.05) is 34.4 Å². The Morgan fingerprint density at radius 2 is 0.609 bits per heavy atom. The van der Waals surface area contributed by atoms with Gasteiger partial charge < -0.3 is 28.4 Å². The van der Waals surface area contributed by atoms with Crippen LogP contribution >= 0.6 is 0 Å². The average Bonchev–Trinajstić information content (AvgIpc) is 3.14. The molecular formula is C44H48N4O16. The molecule has 0 atom stereocenters. The zero-order valence-electron chi connectivity index (χ0n) is 37.8. The van der Waals surface area contributed by atoms with Gasteiger partial charge in [0.15, 0.2) is 0 Å². The van der Waals surface area contributed by atoms with Crippen LogP contribution in [0.15, 0.2) is 36.4 Å². The summed E-state index contributed by atoms with van der Waals surface area (Å²) in [6.07, 6.45) is 0. The Morgan fingerprint density at radius 1 is 0.406 bits per heavy atom. The van der Waals surface area contributed by atoms with Crippen LogP contribution in [0.25, 0.3) is 0 Å². The highest BCUT2D eigenvalue weighted by Gasteiger charge is 2.41. The summed E-state index contributed by atoms with van der Waals surface area (Å²) < 4.78 is 36.1. The van der Waals surface area contributed by atoms with Crippen molar-refractivity contribution in [3.63, 3.8) is 0 Å². The van der Waals surface area contributed by atoms with Crippen molar-refractivity contribution in [2.24, 2.45) is 0 Å². The van der Waals surface area contributed by atoms with Crippen molar-refractivity contribution >= 4 is 34.7 Å². The molecule has 20 heteroatoms. The summed E-state index contributed by atoms with van der Waals surface area (Å²) in [5.74, 6) is -6.71. The van der Waals surface area contributed by atoms with Gasteiger partial charge in [-0.05, 0) is 33.8 Å². The molecule has 4 aromatic rings. The van der Waals surface area contributed by atoms with Crippen LogP contribution in [0.4, 0.5) is 22.7 Å². The first kappa shape index (κ1) is 47.7. The quantitative estimate of drug-likeness (QED) is 0.0871. The number of hydrogen-bond acceptors (Lipinski definition) is 16. The lowest BCUT2D eigenvalue weighted by Gasteiger charge is -2.32. The number of hydrogen-bond donors (Lipinski definition) is 0. The van der Waals surface area contributed by atoms with Crippen LogP contribution in [0.3, 0.4) is 0 Å². The van der Waals surface area contributed by atoms with Gasteiger partial charge in [0.2, 0.25) is 23.0 Å². The van der Waals surface area contributed by atoms with Crippen LogP contribution in [0.5, 0.6) is 46.0 Å². The summed E-state index contributed by atoms with van der Waals surface area (Å²) >= 11 is 0. The summed E-state index contributed by atoms with van der Waals surface area (Å²) in [6, 6.07) is 5.99. The van der Waals surface area contributed by atoms with E-state index in [4.69, 9.17) is 28.4 Å². The minimum absolute atomic E-state index is 0.231. The van der Waals surface area contributed by atoms with E-state index < -0.39 is 133 Å². The highest BCUT2D eigenvalue weighted by Crippen LogP contribution is 2.55. The lowest BCUT2D eigenvalue weighted by atomic mass is 9.78. The van der Waals surface area contributed by atoms with Crippen LogP contribution in [-0.4, -0.2) is 45.9 Å². The first-order valence-electron chi connectivity index (χ1n) is 19.6. The third kappa shape index (κ3) is 8.93. The highest BCUT2D eigenvalue weighted by molar-refractivity contribution is 5.99. The highest BCUT2D eigenvalue weighted by atomic mass is 16.6. The second-order valence-corrected chi connectivity index (χ2v) is 19.0. The number of fused-ring (bicyclic) bond motifs is 8. The number of methoxy groups -OCH3 is 2. The molecule has 4 aromatic carbocycles. The minimum atomic E-state index is -1.15. The maximum atomic E-state index is 14.2. The Morgan fingerprint density at radius 3 is 0.766 bits per heavy atom. The summed E-state index contributed by atoms with van der Waals surface area (Å²) in [4.78, 5) is 75.8. The molecule has 0 spiro atoms. The Labute approximate surface area is 367 Å². The van der Waals surface area contributed by atoms with Crippen LogP contribution in [0.2, 0.25) is 0 Å². The van der Waals surface area contributed by atoms with Crippen LogP contribution in [0.1, 0.15) is 126 Å². The lowest BCUT2D eigenvalue weighted by molar-refractivity contribution is -0.395. The van der Waals surface area contributed by atoms with Crippen molar-refractivity contribution in [1.82, 2.24) is 0 Å². The summed E-state index contributed by atoms with van der Waals surface area (Å²) in [5.41, 5.74) is -7.80. The van der Waals surface area contributed by atoms with Gasteiger partial charge in [-0.25, -0.2) is 9.59 Å². The fraction of sp³-hybridized carbons (Fsp3) is 0.409. The molecule has 1 heterocycles. The maximum absolute atomic E-state index is 14.2. The largest absolute Gasteiger partial charge is 0.465 e. The Balaban J connectivity index is 2.20. The van der Waals surface area contributed by atoms with Gasteiger partial charge in [0.05, 0.1) is 33.9 Å². The third-order valence-corrected chi connectivity index (χ3v) is 10.2.